The largest absolute Gasteiger partial charge is 0.458 e. The van der Waals surface area contributed by atoms with E-state index >= 15 is 0 Å². The molecular formula is C17H9ClF3N3O. The zero-order valence-electron chi connectivity index (χ0n) is 12.5. The molecule has 0 N–H and O–H groups in total. The van der Waals surface area contributed by atoms with E-state index < -0.39 is 18.2 Å². The highest BCUT2D eigenvalue weighted by atomic mass is 35.5. The van der Waals surface area contributed by atoms with Crippen molar-refractivity contribution < 1.29 is 17.9 Å². The van der Waals surface area contributed by atoms with E-state index in [0.29, 0.717) is 11.0 Å². The third-order valence-electron chi connectivity index (χ3n) is 3.37. The molecule has 0 saturated heterocycles. The lowest BCUT2D eigenvalue weighted by molar-refractivity contribution is -0.198. The van der Waals surface area contributed by atoms with Crippen LogP contribution in [0.4, 0.5) is 13.2 Å². The Bertz CT molecular complexity index is 952. The summed E-state index contributed by atoms with van der Waals surface area (Å²) in [7, 11) is 0. The fraction of sp³-hybridized carbons (Fsp3) is 0.118. The molecule has 0 fully saturated rings. The molecule has 0 bridgehead atoms. The number of benzene rings is 2. The fourth-order valence-corrected chi connectivity index (χ4v) is 2.38. The van der Waals surface area contributed by atoms with Crippen LogP contribution in [0.2, 0.25) is 5.15 Å². The molecule has 0 amide bonds. The van der Waals surface area contributed by atoms with E-state index in [0.717, 1.165) is 0 Å². The zero-order valence-corrected chi connectivity index (χ0v) is 13.2. The van der Waals surface area contributed by atoms with Crippen LogP contribution in [0.5, 0.6) is 5.88 Å². The Morgan fingerprint density at radius 1 is 1.00 bits per heavy atom. The van der Waals surface area contributed by atoms with Crippen LogP contribution in [-0.4, -0.2) is 16.1 Å². The highest BCUT2D eigenvalue weighted by Crippen LogP contribution is 2.38. The van der Waals surface area contributed by atoms with Crippen molar-refractivity contribution in [3.63, 3.8) is 0 Å². The van der Waals surface area contributed by atoms with Gasteiger partial charge in [0.15, 0.2) is 5.15 Å². The van der Waals surface area contributed by atoms with Gasteiger partial charge in [-0.2, -0.15) is 18.4 Å². The molecule has 1 atom stereocenters. The van der Waals surface area contributed by atoms with E-state index in [1.807, 2.05) is 6.07 Å². The maximum atomic E-state index is 13.4. The summed E-state index contributed by atoms with van der Waals surface area (Å²) in [6.45, 7) is 0. The lowest BCUT2D eigenvalue weighted by Crippen LogP contribution is -2.26. The second-order valence-corrected chi connectivity index (χ2v) is 5.44. The highest BCUT2D eigenvalue weighted by molar-refractivity contribution is 6.31. The molecule has 25 heavy (non-hydrogen) atoms. The first kappa shape index (κ1) is 17.0. The molecule has 8 heteroatoms. The van der Waals surface area contributed by atoms with Crippen LogP contribution < -0.4 is 4.74 Å². The van der Waals surface area contributed by atoms with E-state index in [2.05, 4.69) is 9.97 Å². The minimum Gasteiger partial charge on any atom is -0.458 e. The molecule has 0 radical (unpaired) electrons. The second-order valence-electron chi connectivity index (χ2n) is 5.08. The number of nitriles is 1. The third-order valence-corrected chi connectivity index (χ3v) is 3.61. The van der Waals surface area contributed by atoms with Crippen LogP contribution in [-0.2, 0) is 0 Å². The Morgan fingerprint density at radius 2 is 1.60 bits per heavy atom. The van der Waals surface area contributed by atoms with Crippen molar-refractivity contribution in [1.29, 1.82) is 5.26 Å². The number of halogens is 4. The first-order chi connectivity index (χ1) is 11.9. The average molecular weight is 364 g/mol. The van der Waals surface area contributed by atoms with Gasteiger partial charge >= 0.3 is 6.18 Å². The summed E-state index contributed by atoms with van der Waals surface area (Å²) in [5.74, 6) is -0.410. The highest BCUT2D eigenvalue weighted by Gasteiger charge is 2.43. The first-order valence-corrected chi connectivity index (χ1v) is 7.42. The summed E-state index contributed by atoms with van der Waals surface area (Å²) in [5.41, 5.74) is 0.884. The Morgan fingerprint density at radius 3 is 2.16 bits per heavy atom. The minimum atomic E-state index is -4.70. The van der Waals surface area contributed by atoms with Gasteiger partial charge in [0, 0.05) is 5.56 Å². The van der Waals surface area contributed by atoms with E-state index in [4.69, 9.17) is 21.6 Å². The SMILES string of the molecule is N#Cc1ccc(C(Oc2nc3ccccc3nc2Cl)C(F)(F)F)cc1. The van der Waals surface area contributed by atoms with Crippen molar-refractivity contribution in [2.45, 2.75) is 12.3 Å². The van der Waals surface area contributed by atoms with Crippen LogP contribution in [0.25, 0.3) is 11.0 Å². The van der Waals surface area contributed by atoms with E-state index in [1.54, 1.807) is 24.3 Å². The van der Waals surface area contributed by atoms with Gasteiger partial charge in [0.05, 0.1) is 22.7 Å². The molecule has 1 unspecified atom stereocenters. The molecule has 0 spiro atoms. The molecule has 0 aliphatic carbocycles. The molecule has 0 aliphatic rings. The lowest BCUT2D eigenvalue weighted by atomic mass is 10.1. The van der Waals surface area contributed by atoms with Crippen molar-refractivity contribution in [1.82, 2.24) is 9.97 Å². The second kappa shape index (κ2) is 6.57. The van der Waals surface area contributed by atoms with Crippen LogP contribution in [0, 0.1) is 11.3 Å². The van der Waals surface area contributed by atoms with Gasteiger partial charge in [-0.15, -0.1) is 0 Å². The van der Waals surface area contributed by atoms with Crippen molar-refractivity contribution in [3.05, 3.63) is 64.8 Å². The molecule has 3 aromatic rings. The molecule has 3 rings (SSSR count). The van der Waals surface area contributed by atoms with Gasteiger partial charge in [-0.05, 0) is 24.3 Å². The predicted octanol–water partition coefficient (Wildman–Crippen LogP) is 4.84. The Labute approximate surface area is 145 Å². The number of alkyl halides is 3. The van der Waals surface area contributed by atoms with Crippen LogP contribution in [0.1, 0.15) is 17.2 Å². The number of aromatic nitrogens is 2. The van der Waals surface area contributed by atoms with Crippen LogP contribution in [0.15, 0.2) is 48.5 Å². The summed E-state index contributed by atoms with van der Waals surface area (Å²) < 4.78 is 45.4. The van der Waals surface area contributed by atoms with Gasteiger partial charge < -0.3 is 4.74 Å². The topological polar surface area (TPSA) is 58.8 Å². The minimum absolute atomic E-state index is 0.169. The molecule has 1 aromatic heterocycles. The summed E-state index contributed by atoms with van der Waals surface area (Å²) in [4.78, 5) is 8.02. The maximum absolute atomic E-state index is 13.4. The Kier molecular flexibility index (Phi) is 4.47. The number of hydrogen-bond donors (Lipinski definition) is 0. The van der Waals surface area contributed by atoms with Gasteiger partial charge in [-0.1, -0.05) is 35.9 Å². The molecule has 4 nitrogen and oxygen atoms in total. The van der Waals surface area contributed by atoms with Crippen molar-refractivity contribution >= 4 is 22.6 Å². The number of fused-ring (bicyclic) bond motifs is 1. The Hall–Kier alpha value is -2.85. The predicted molar refractivity (Wildman–Crippen MR) is 85.1 cm³/mol. The first-order valence-electron chi connectivity index (χ1n) is 7.04. The molecule has 0 aliphatic heterocycles. The van der Waals surface area contributed by atoms with E-state index in [-0.39, 0.29) is 16.3 Å². The standard InChI is InChI=1S/C17H9ClF3N3O/c18-15-16(24-13-4-2-1-3-12(13)23-15)25-14(17(19,20)21)11-7-5-10(9-22)6-8-11/h1-8,14H. The van der Waals surface area contributed by atoms with E-state index in [9.17, 15) is 13.2 Å². The van der Waals surface area contributed by atoms with E-state index in [1.165, 1.54) is 24.3 Å². The van der Waals surface area contributed by atoms with Crippen molar-refractivity contribution in [2.75, 3.05) is 0 Å². The Balaban J connectivity index is 2.01. The van der Waals surface area contributed by atoms with Gasteiger partial charge in [-0.3, -0.25) is 0 Å². The van der Waals surface area contributed by atoms with Crippen LogP contribution >= 0.6 is 11.6 Å². The van der Waals surface area contributed by atoms with Crippen molar-refractivity contribution in [2.24, 2.45) is 0 Å². The number of para-hydroxylation sites is 2. The average Bonchev–Trinajstić information content (AvgIpc) is 2.59. The monoisotopic (exact) mass is 363 g/mol. The molecule has 126 valence electrons. The molecule has 1 heterocycles. The maximum Gasteiger partial charge on any atom is 0.429 e. The zero-order chi connectivity index (χ0) is 18.0. The summed E-state index contributed by atoms with van der Waals surface area (Å²) in [6, 6.07) is 13.4. The number of rotatable bonds is 3. The summed E-state index contributed by atoms with van der Waals surface area (Å²) >= 11 is 5.92. The fourth-order valence-electron chi connectivity index (χ4n) is 2.21. The molecule has 0 saturated carbocycles. The number of nitrogens with zero attached hydrogens (tertiary/aromatic N) is 3. The molecule has 2 aromatic carbocycles. The van der Waals surface area contributed by atoms with Gasteiger partial charge in [-0.25, -0.2) is 9.97 Å². The van der Waals surface area contributed by atoms with Crippen molar-refractivity contribution in [3.8, 4) is 11.9 Å². The van der Waals surface area contributed by atoms with Gasteiger partial charge in [0.25, 0.3) is 5.88 Å². The number of hydrogen-bond acceptors (Lipinski definition) is 4. The summed E-state index contributed by atoms with van der Waals surface area (Å²) in [5, 5.41) is 8.50. The number of ether oxygens (including phenoxy) is 1. The molecular weight excluding hydrogens is 355 g/mol. The van der Waals surface area contributed by atoms with Gasteiger partial charge in [0.1, 0.15) is 0 Å². The van der Waals surface area contributed by atoms with Gasteiger partial charge in [0.2, 0.25) is 6.10 Å². The summed E-state index contributed by atoms with van der Waals surface area (Å²) in [6.07, 6.45) is -6.99. The third kappa shape index (κ3) is 3.64. The van der Waals surface area contributed by atoms with Crippen LogP contribution in [0.3, 0.4) is 0 Å². The quantitative estimate of drug-likeness (QED) is 0.668. The normalized spacial score (nSPS) is 12.6. The lowest BCUT2D eigenvalue weighted by Gasteiger charge is -2.22. The smallest absolute Gasteiger partial charge is 0.429 e.